The molecule has 2 rings (SSSR count). The molecule has 1 aromatic carbocycles. The topological polar surface area (TPSA) is 98.2 Å². The number of hydrogen-bond donors (Lipinski definition) is 2. The van der Waals surface area contributed by atoms with E-state index in [0.29, 0.717) is 17.3 Å². The van der Waals surface area contributed by atoms with Crippen molar-refractivity contribution < 1.29 is 22.9 Å². The summed E-state index contributed by atoms with van der Waals surface area (Å²) in [6, 6.07) is 4.65. The molecule has 0 spiro atoms. The number of fused-ring (bicyclic) bond motifs is 1. The summed E-state index contributed by atoms with van der Waals surface area (Å²) in [6.45, 7) is 1.57. The number of anilines is 2. The lowest BCUT2D eigenvalue weighted by Gasteiger charge is -2.25. The average molecular weight is 332 g/mol. The molecule has 0 aliphatic carbocycles. The molecule has 2 N–H and O–H groups in total. The Morgan fingerprint density at radius 2 is 2.19 bits per heavy atom. The van der Waals surface area contributed by atoms with Gasteiger partial charge < -0.3 is 14.9 Å². The second kappa shape index (κ2) is 5.74. The molecule has 0 saturated carbocycles. The van der Waals surface area contributed by atoms with Crippen LogP contribution in [0.2, 0.25) is 0 Å². The SMILES string of the molecule is CC(C(=O)O)N(C)c1ccc2c(c1)N(CS(=O)(=O)O)CS2. The van der Waals surface area contributed by atoms with Gasteiger partial charge in [0, 0.05) is 17.6 Å². The summed E-state index contributed by atoms with van der Waals surface area (Å²) in [6.07, 6.45) is 0. The van der Waals surface area contributed by atoms with Crippen molar-refractivity contribution >= 4 is 39.2 Å². The van der Waals surface area contributed by atoms with Crippen molar-refractivity contribution in [2.24, 2.45) is 0 Å². The highest BCUT2D eigenvalue weighted by molar-refractivity contribution is 8.00. The molecule has 9 heteroatoms. The third-order valence-corrected chi connectivity index (χ3v) is 5.06. The molecule has 0 radical (unpaired) electrons. The van der Waals surface area contributed by atoms with Gasteiger partial charge >= 0.3 is 5.97 Å². The lowest BCUT2D eigenvalue weighted by Crippen LogP contribution is -2.35. The van der Waals surface area contributed by atoms with Gasteiger partial charge in [0.1, 0.15) is 11.9 Å². The Morgan fingerprint density at radius 3 is 2.76 bits per heavy atom. The molecule has 1 atom stereocenters. The predicted octanol–water partition coefficient (Wildman–Crippen LogP) is 1.31. The highest BCUT2D eigenvalue weighted by atomic mass is 32.2. The van der Waals surface area contributed by atoms with Crippen molar-refractivity contribution in [2.75, 3.05) is 28.6 Å². The molecule has 7 nitrogen and oxygen atoms in total. The molecule has 1 aromatic rings. The van der Waals surface area contributed by atoms with Crippen LogP contribution in [-0.2, 0) is 14.9 Å². The van der Waals surface area contributed by atoms with Crippen LogP contribution in [-0.4, -0.2) is 48.9 Å². The second-order valence-corrected chi connectivity index (χ2v) is 7.21. The van der Waals surface area contributed by atoms with Crippen molar-refractivity contribution in [3.05, 3.63) is 18.2 Å². The maximum absolute atomic E-state index is 11.0. The van der Waals surface area contributed by atoms with E-state index in [2.05, 4.69) is 0 Å². The van der Waals surface area contributed by atoms with Gasteiger partial charge in [-0.3, -0.25) is 4.55 Å². The quantitative estimate of drug-likeness (QED) is 0.779. The summed E-state index contributed by atoms with van der Waals surface area (Å²) in [4.78, 5) is 15.1. The first-order chi connectivity index (χ1) is 9.69. The van der Waals surface area contributed by atoms with Gasteiger partial charge in [0.25, 0.3) is 10.1 Å². The van der Waals surface area contributed by atoms with E-state index >= 15 is 0 Å². The van der Waals surface area contributed by atoms with Crippen LogP contribution in [0.25, 0.3) is 0 Å². The molecule has 0 amide bonds. The van der Waals surface area contributed by atoms with Crippen molar-refractivity contribution in [1.82, 2.24) is 0 Å². The van der Waals surface area contributed by atoms with Crippen LogP contribution in [0.1, 0.15) is 6.92 Å². The molecule has 1 unspecified atom stereocenters. The molecule has 1 aliphatic heterocycles. The van der Waals surface area contributed by atoms with Gasteiger partial charge in [-0.05, 0) is 25.1 Å². The van der Waals surface area contributed by atoms with Crippen molar-refractivity contribution in [3.8, 4) is 0 Å². The third kappa shape index (κ3) is 3.60. The monoisotopic (exact) mass is 332 g/mol. The Kier molecular flexibility index (Phi) is 4.35. The van der Waals surface area contributed by atoms with Crippen LogP contribution in [0.3, 0.4) is 0 Å². The number of rotatable bonds is 5. The van der Waals surface area contributed by atoms with E-state index in [9.17, 15) is 13.2 Å². The van der Waals surface area contributed by atoms with Gasteiger partial charge in [0.05, 0.1) is 11.6 Å². The summed E-state index contributed by atoms with van der Waals surface area (Å²) in [5, 5.41) is 9.04. The minimum absolute atomic E-state index is 0.427. The Labute approximate surface area is 127 Å². The van der Waals surface area contributed by atoms with E-state index in [0.717, 1.165) is 4.90 Å². The molecule has 21 heavy (non-hydrogen) atoms. The van der Waals surface area contributed by atoms with Crippen LogP contribution < -0.4 is 9.80 Å². The molecule has 116 valence electrons. The van der Waals surface area contributed by atoms with E-state index in [4.69, 9.17) is 9.66 Å². The van der Waals surface area contributed by atoms with Gasteiger partial charge in [-0.15, -0.1) is 11.8 Å². The zero-order valence-electron chi connectivity index (χ0n) is 11.6. The molecule has 0 saturated heterocycles. The Hall–Kier alpha value is -1.45. The smallest absolute Gasteiger partial charge is 0.326 e. The van der Waals surface area contributed by atoms with Crippen LogP contribution in [0, 0.1) is 0 Å². The minimum Gasteiger partial charge on any atom is -0.480 e. The van der Waals surface area contributed by atoms with Gasteiger partial charge in [0.15, 0.2) is 0 Å². The molecule has 1 aliphatic rings. The number of aliphatic carboxylic acids is 1. The van der Waals surface area contributed by atoms with Gasteiger partial charge in [-0.1, -0.05) is 0 Å². The molecule has 1 heterocycles. The predicted molar refractivity (Wildman–Crippen MR) is 81.6 cm³/mol. The van der Waals surface area contributed by atoms with Crippen LogP contribution in [0.4, 0.5) is 11.4 Å². The Bertz CT molecular complexity index is 662. The maximum Gasteiger partial charge on any atom is 0.326 e. The van der Waals surface area contributed by atoms with Gasteiger partial charge in [0.2, 0.25) is 0 Å². The summed E-state index contributed by atoms with van der Waals surface area (Å²) in [5.74, 6) is -0.993. The van der Waals surface area contributed by atoms with Gasteiger partial charge in [-0.25, -0.2) is 4.79 Å². The molecule has 0 bridgehead atoms. The van der Waals surface area contributed by atoms with Crippen molar-refractivity contribution in [3.63, 3.8) is 0 Å². The summed E-state index contributed by atoms with van der Waals surface area (Å²) < 4.78 is 31.0. The Morgan fingerprint density at radius 1 is 1.52 bits per heavy atom. The fourth-order valence-corrected chi connectivity index (χ4v) is 3.77. The minimum atomic E-state index is -4.11. The van der Waals surface area contributed by atoms with Gasteiger partial charge in [-0.2, -0.15) is 8.42 Å². The molecule has 0 aromatic heterocycles. The number of thioether (sulfide) groups is 1. The lowest BCUT2D eigenvalue weighted by molar-refractivity contribution is -0.138. The first kappa shape index (κ1) is 15.9. The van der Waals surface area contributed by atoms with E-state index in [1.807, 2.05) is 6.07 Å². The standard InChI is InChI=1S/C12H16N2O5S2/c1-8(12(15)16)13(2)9-3-4-11-10(5-9)14(6-20-11)7-21(17,18)19/h3-5,8H,6-7H2,1-2H3,(H,15,16)(H,17,18,19). The van der Waals surface area contributed by atoms with E-state index in [1.54, 1.807) is 31.0 Å². The van der Waals surface area contributed by atoms with E-state index in [1.165, 1.54) is 16.7 Å². The van der Waals surface area contributed by atoms with Crippen LogP contribution in [0.15, 0.2) is 23.1 Å². The van der Waals surface area contributed by atoms with Crippen molar-refractivity contribution in [1.29, 1.82) is 0 Å². The first-order valence-electron chi connectivity index (χ1n) is 6.11. The lowest BCUT2D eigenvalue weighted by atomic mass is 10.2. The van der Waals surface area contributed by atoms with E-state index in [-0.39, 0.29) is 0 Å². The molecular formula is C12H16N2O5S2. The fourth-order valence-electron chi connectivity index (χ4n) is 2.00. The zero-order chi connectivity index (χ0) is 15.8. The van der Waals surface area contributed by atoms with Crippen LogP contribution in [0.5, 0.6) is 0 Å². The number of benzene rings is 1. The molecular weight excluding hydrogens is 316 g/mol. The second-order valence-electron chi connectivity index (χ2n) is 4.80. The number of likely N-dealkylation sites (N-methyl/N-ethyl adjacent to an activating group) is 1. The highest BCUT2D eigenvalue weighted by Gasteiger charge is 2.25. The molecule has 0 fully saturated rings. The first-order valence-corrected chi connectivity index (χ1v) is 8.71. The van der Waals surface area contributed by atoms with E-state index < -0.39 is 28.0 Å². The number of carbonyl (C=O) groups is 1. The normalized spacial score (nSPS) is 15.7. The number of carboxylic acid groups (broad SMARTS) is 1. The highest BCUT2D eigenvalue weighted by Crippen LogP contribution is 2.40. The third-order valence-electron chi connectivity index (χ3n) is 3.32. The van der Waals surface area contributed by atoms with Crippen LogP contribution >= 0.6 is 11.8 Å². The fraction of sp³-hybridized carbons (Fsp3) is 0.417. The number of carboxylic acids is 1. The maximum atomic E-state index is 11.0. The number of nitrogens with zero attached hydrogens (tertiary/aromatic N) is 2. The largest absolute Gasteiger partial charge is 0.480 e. The zero-order valence-corrected chi connectivity index (χ0v) is 13.2. The van der Waals surface area contributed by atoms with Crippen molar-refractivity contribution in [2.45, 2.75) is 17.9 Å². The average Bonchev–Trinajstić information content (AvgIpc) is 2.77. The summed E-state index contributed by atoms with van der Waals surface area (Å²) in [5.41, 5.74) is 1.35. The number of hydrogen-bond acceptors (Lipinski definition) is 6. The summed E-state index contributed by atoms with van der Waals surface area (Å²) in [7, 11) is -2.45. The summed E-state index contributed by atoms with van der Waals surface area (Å²) >= 11 is 1.47. The Balaban J connectivity index is 2.30.